The van der Waals surface area contributed by atoms with Crippen molar-refractivity contribution in [3.8, 4) is 0 Å². The van der Waals surface area contributed by atoms with Crippen LogP contribution in [-0.4, -0.2) is 54.7 Å². The van der Waals surface area contributed by atoms with Crippen LogP contribution in [0.15, 0.2) is 0 Å². The number of likely N-dealkylation sites (N-methyl/N-ethyl adjacent to an activating group) is 1. The Balaban J connectivity index is 4.86. The summed E-state index contributed by atoms with van der Waals surface area (Å²) >= 11 is 0. The first-order chi connectivity index (χ1) is 8.59. The predicted octanol–water partition coefficient (Wildman–Crippen LogP) is 0.454. The van der Waals surface area contributed by atoms with Crippen molar-refractivity contribution in [1.29, 1.82) is 0 Å². The molecule has 0 fully saturated rings. The molecule has 0 spiro atoms. The number of carbonyl (C=O) groups is 2. The minimum absolute atomic E-state index is 0.0131. The number of ether oxygens (including phenoxy) is 1. The van der Waals surface area contributed by atoms with Gasteiger partial charge >= 0.3 is 11.9 Å². The third-order valence-electron chi connectivity index (χ3n) is 2.78. The van der Waals surface area contributed by atoms with Gasteiger partial charge in [-0.15, -0.1) is 0 Å². The number of rotatable bonds is 8. The topological polar surface area (TPSA) is 101 Å². The monoisotopic (exact) mass is 295 g/mol. The number of hydrogen-bond donors (Lipinski definition) is 1. The molecule has 0 bridgehead atoms. The van der Waals surface area contributed by atoms with Crippen molar-refractivity contribution in [3.63, 3.8) is 0 Å². The van der Waals surface area contributed by atoms with Crippen LogP contribution in [0.3, 0.4) is 0 Å². The molecule has 0 radical (unpaired) electrons. The molecule has 0 aromatic rings. The second-order valence-electron chi connectivity index (χ2n) is 4.52. The van der Waals surface area contributed by atoms with E-state index in [9.17, 15) is 18.0 Å². The number of aliphatic carboxylic acids is 1. The van der Waals surface area contributed by atoms with Gasteiger partial charge in [0.15, 0.2) is 0 Å². The number of esters is 1. The maximum absolute atomic E-state index is 12.1. The molecule has 0 aromatic carbocycles. The highest BCUT2D eigenvalue weighted by molar-refractivity contribution is 7.89. The Labute approximate surface area is 113 Å². The number of nitrogens with zero attached hydrogens (tertiary/aromatic N) is 1. The van der Waals surface area contributed by atoms with Crippen molar-refractivity contribution in [3.05, 3.63) is 0 Å². The van der Waals surface area contributed by atoms with E-state index in [1.165, 1.54) is 21.0 Å². The van der Waals surface area contributed by atoms with E-state index in [0.717, 1.165) is 4.31 Å². The van der Waals surface area contributed by atoms with E-state index in [-0.39, 0.29) is 25.1 Å². The van der Waals surface area contributed by atoms with E-state index in [4.69, 9.17) is 5.11 Å². The minimum atomic E-state index is -3.73. The Bertz CT molecular complexity index is 428. The smallest absolute Gasteiger partial charge is 0.324 e. The zero-order chi connectivity index (χ0) is 15.3. The van der Waals surface area contributed by atoms with E-state index in [1.807, 2.05) is 0 Å². The first-order valence-corrected chi connectivity index (χ1v) is 7.51. The molecule has 0 aliphatic rings. The van der Waals surface area contributed by atoms with Gasteiger partial charge in [0.1, 0.15) is 5.54 Å². The molecule has 19 heavy (non-hydrogen) atoms. The quantitative estimate of drug-likeness (QED) is 0.653. The van der Waals surface area contributed by atoms with Crippen LogP contribution in [-0.2, 0) is 24.3 Å². The molecule has 0 aliphatic heterocycles. The average molecular weight is 295 g/mol. The Morgan fingerprint density at radius 3 is 2.21 bits per heavy atom. The van der Waals surface area contributed by atoms with Crippen LogP contribution >= 0.6 is 0 Å². The van der Waals surface area contributed by atoms with Crippen LogP contribution in [0.25, 0.3) is 0 Å². The molecule has 0 heterocycles. The van der Waals surface area contributed by atoms with Gasteiger partial charge in [0.25, 0.3) is 0 Å². The summed E-state index contributed by atoms with van der Waals surface area (Å²) in [6.07, 6.45) is 0.0853. The van der Waals surface area contributed by atoms with Crippen molar-refractivity contribution in [2.45, 2.75) is 39.2 Å². The fourth-order valence-electron chi connectivity index (χ4n) is 1.66. The molecule has 0 saturated carbocycles. The van der Waals surface area contributed by atoms with E-state index in [2.05, 4.69) is 4.74 Å². The predicted molar refractivity (Wildman–Crippen MR) is 69.1 cm³/mol. The Morgan fingerprint density at radius 1 is 1.32 bits per heavy atom. The maximum atomic E-state index is 12.1. The summed E-state index contributed by atoms with van der Waals surface area (Å²) in [6, 6.07) is 0. The molecule has 1 N–H and O–H groups in total. The summed E-state index contributed by atoms with van der Waals surface area (Å²) in [5.74, 6) is -1.99. The fraction of sp³-hybridized carbons (Fsp3) is 0.818. The van der Waals surface area contributed by atoms with Gasteiger partial charge in [-0.2, -0.15) is 4.31 Å². The zero-order valence-electron chi connectivity index (χ0n) is 11.7. The van der Waals surface area contributed by atoms with Gasteiger partial charge in [0.2, 0.25) is 10.0 Å². The minimum Gasteiger partial charge on any atom is -0.480 e. The molecule has 0 atom stereocenters. The number of carbonyl (C=O) groups excluding carboxylic acids is 1. The van der Waals surface area contributed by atoms with E-state index >= 15 is 0 Å². The SMILES string of the molecule is CCN(C(C)(C)C(=O)O)S(=O)(=O)CCCC(=O)OC. The summed E-state index contributed by atoms with van der Waals surface area (Å²) in [4.78, 5) is 22.0. The second kappa shape index (κ2) is 6.85. The maximum Gasteiger partial charge on any atom is 0.324 e. The van der Waals surface area contributed by atoms with Gasteiger partial charge in [-0.1, -0.05) is 6.92 Å². The Kier molecular flexibility index (Phi) is 6.44. The van der Waals surface area contributed by atoms with Crippen LogP contribution in [0.2, 0.25) is 0 Å². The Morgan fingerprint density at radius 2 is 1.84 bits per heavy atom. The lowest BCUT2D eigenvalue weighted by molar-refractivity contribution is -0.146. The second-order valence-corrected chi connectivity index (χ2v) is 6.54. The summed E-state index contributed by atoms with van der Waals surface area (Å²) in [6.45, 7) is 4.29. The normalized spacial score (nSPS) is 12.5. The first kappa shape index (κ1) is 17.8. The third-order valence-corrected chi connectivity index (χ3v) is 4.97. The molecule has 8 heteroatoms. The van der Waals surface area contributed by atoms with Gasteiger partial charge in [0, 0.05) is 13.0 Å². The molecule has 112 valence electrons. The molecule has 0 unspecified atom stereocenters. The van der Waals surface area contributed by atoms with Crippen molar-refractivity contribution < 1.29 is 27.9 Å². The van der Waals surface area contributed by atoms with Crippen LogP contribution < -0.4 is 0 Å². The van der Waals surface area contributed by atoms with Crippen molar-refractivity contribution in [1.82, 2.24) is 4.31 Å². The van der Waals surface area contributed by atoms with Gasteiger partial charge in [-0.25, -0.2) is 8.42 Å². The summed E-state index contributed by atoms with van der Waals surface area (Å²) in [5.41, 5.74) is -1.52. The highest BCUT2D eigenvalue weighted by Crippen LogP contribution is 2.20. The molecule has 0 saturated heterocycles. The number of carboxylic acids is 1. The summed E-state index contributed by atoms with van der Waals surface area (Å²) in [7, 11) is -2.51. The molecule has 7 nitrogen and oxygen atoms in total. The summed E-state index contributed by atoms with van der Waals surface area (Å²) < 4.78 is 29.5. The van der Waals surface area contributed by atoms with Gasteiger partial charge < -0.3 is 9.84 Å². The Hall–Kier alpha value is -1.15. The van der Waals surface area contributed by atoms with Gasteiger partial charge in [-0.05, 0) is 20.3 Å². The number of carboxylic acid groups (broad SMARTS) is 1. The average Bonchev–Trinajstić information content (AvgIpc) is 2.28. The molecule has 0 amide bonds. The third kappa shape index (κ3) is 4.79. The molecular weight excluding hydrogens is 274 g/mol. The number of methoxy groups -OCH3 is 1. The molecule has 0 aromatic heterocycles. The lowest BCUT2D eigenvalue weighted by atomic mass is 10.1. The van der Waals surface area contributed by atoms with Crippen molar-refractivity contribution in [2.75, 3.05) is 19.4 Å². The molecular formula is C11H21NO6S. The molecule has 0 rings (SSSR count). The molecule has 0 aliphatic carbocycles. The summed E-state index contributed by atoms with van der Waals surface area (Å²) in [5, 5.41) is 9.08. The van der Waals surface area contributed by atoms with Crippen LogP contribution in [0.5, 0.6) is 0 Å². The lowest BCUT2D eigenvalue weighted by Gasteiger charge is -2.33. The van der Waals surface area contributed by atoms with E-state index in [0.29, 0.717) is 0 Å². The standard InChI is InChI=1S/C11H21NO6S/c1-5-12(11(2,3)10(14)15)19(16,17)8-6-7-9(13)18-4/h5-8H2,1-4H3,(H,14,15). The highest BCUT2D eigenvalue weighted by atomic mass is 32.2. The van der Waals surface area contributed by atoms with E-state index in [1.54, 1.807) is 6.92 Å². The van der Waals surface area contributed by atoms with Crippen LogP contribution in [0, 0.1) is 0 Å². The first-order valence-electron chi connectivity index (χ1n) is 5.90. The number of sulfonamides is 1. The van der Waals surface area contributed by atoms with Gasteiger partial charge in [0.05, 0.1) is 12.9 Å². The largest absolute Gasteiger partial charge is 0.480 e. The fourth-order valence-corrected chi connectivity index (χ4v) is 3.55. The van der Waals surface area contributed by atoms with Crippen LogP contribution in [0.1, 0.15) is 33.6 Å². The van der Waals surface area contributed by atoms with Gasteiger partial charge in [-0.3, -0.25) is 9.59 Å². The highest BCUT2D eigenvalue weighted by Gasteiger charge is 2.40. The van der Waals surface area contributed by atoms with Crippen molar-refractivity contribution in [2.24, 2.45) is 0 Å². The zero-order valence-corrected chi connectivity index (χ0v) is 12.5. The van der Waals surface area contributed by atoms with E-state index < -0.39 is 27.5 Å². The number of hydrogen-bond acceptors (Lipinski definition) is 5. The lowest BCUT2D eigenvalue weighted by Crippen LogP contribution is -2.53. The van der Waals surface area contributed by atoms with Crippen molar-refractivity contribution >= 4 is 22.0 Å². The van der Waals surface area contributed by atoms with Crippen LogP contribution in [0.4, 0.5) is 0 Å².